The van der Waals surface area contributed by atoms with Crippen molar-refractivity contribution in [2.75, 3.05) is 26.4 Å². The van der Waals surface area contributed by atoms with Crippen LogP contribution in [0, 0.1) is 0 Å². The number of aliphatic hydroxyl groups is 1. The van der Waals surface area contributed by atoms with Gasteiger partial charge in [0.05, 0.1) is 19.8 Å². The van der Waals surface area contributed by atoms with Crippen LogP contribution in [0.5, 0.6) is 11.5 Å². The highest BCUT2D eigenvalue weighted by molar-refractivity contribution is 5.65. The van der Waals surface area contributed by atoms with Gasteiger partial charge in [-0.25, -0.2) is 0 Å². The van der Waals surface area contributed by atoms with E-state index in [4.69, 9.17) is 14.6 Å². The van der Waals surface area contributed by atoms with Gasteiger partial charge in [0.1, 0.15) is 18.1 Å². The molecule has 2 aromatic rings. The number of para-hydroxylation sites is 2. The predicted molar refractivity (Wildman–Crippen MR) is 87.5 cm³/mol. The second kappa shape index (κ2) is 12.2. The third-order valence-electron chi connectivity index (χ3n) is 2.49. The maximum absolute atomic E-state index is 10.1. The zero-order valence-corrected chi connectivity index (χ0v) is 13.2. The van der Waals surface area contributed by atoms with Crippen LogP contribution in [-0.2, 0) is 14.3 Å². The first-order chi connectivity index (χ1) is 11.2. The lowest BCUT2D eigenvalue weighted by atomic mass is 10.3. The molecule has 2 rings (SSSR count). The Labute approximate surface area is 136 Å². The molecule has 0 bridgehead atoms. The number of rotatable bonds is 7. The van der Waals surface area contributed by atoms with Gasteiger partial charge in [-0.15, -0.1) is 0 Å². The van der Waals surface area contributed by atoms with Crippen molar-refractivity contribution < 1.29 is 24.1 Å². The summed E-state index contributed by atoms with van der Waals surface area (Å²) in [7, 11) is 0. The van der Waals surface area contributed by atoms with E-state index in [1.54, 1.807) is 0 Å². The van der Waals surface area contributed by atoms with Crippen LogP contribution in [0.3, 0.4) is 0 Å². The molecule has 1 N–H and O–H groups in total. The fourth-order valence-corrected chi connectivity index (χ4v) is 1.52. The highest BCUT2D eigenvalue weighted by Crippen LogP contribution is 2.19. The molecule has 0 spiro atoms. The van der Waals surface area contributed by atoms with Crippen molar-refractivity contribution in [1.82, 2.24) is 0 Å². The summed E-state index contributed by atoms with van der Waals surface area (Å²) >= 11 is 0. The third kappa shape index (κ3) is 10.1. The number of carbonyl (C=O) groups excluding carboxylic acids is 1. The van der Waals surface area contributed by atoms with E-state index in [-0.39, 0.29) is 19.2 Å². The first kappa shape index (κ1) is 18.7. The van der Waals surface area contributed by atoms with Gasteiger partial charge in [-0.1, -0.05) is 36.4 Å². The Kier molecular flexibility index (Phi) is 9.91. The standard InChI is InChI=1S/C12H10O.C6H12O4/c1-3-7-11(8-4-1)13-12-9-5-2-6-10-12;1-6(8)10-5-4-9-3-2-7/h1-10H;7H,2-5H2,1H3. The van der Waals surface area contributed by atoms with Gasteiger partial charge in [-0.2, -0.15) is 0 Å². The highest BCUT2D eigenvalue weighted by atomic mass is 16.6. The minimum absolute atomic E-state index is 0.0000709. The topological polar surface area (TPSA) is 65.0 Å². The first-order valence-electron chi connectivity index (χ1n) is 7.32. The van der Waals surface area contributed by atoms with E-state index in [9.17, 15) is 4.79 Å². The Morgan fingerprint density at radius 2 is 1.39 bits per heavy atom. The molecule has 23 heavy (non-hydrogen) atoms. The van der Waals surface area contributed by atoms with Crippen LogP contribution >= 0.6 is 0 Å². The lowest BCUT2D eigenvalue weighted by molar-refractivity contribution is -0.142. The van der Waals surface area contributed by atoms with E-state index in [2.05, 4.69) is 4.74 Å². The fraction of sp³-hybridized carbons (Fsp3) is 0.278. The molecule has 0 fully saturated rings. The van der Waals surface area contributed by atoms with Crippen LogP contribution in [0.15, 0.2) is 60.7 Å². The molecule has 0 heterocycles. The molecule has 0 radical (unpaired) electrons. The number of benzene rings is 2. The van der Waals surface area contributed by atoms with E-state index < -0.39 is 0 Å². The molecule has 0 aliphatic rings. The molecule has 0 aliphatic heterocycles. The zero-order chi connectivity index (χ0) is 16.8. The zero-order valence-electron chi connectivity index (χ0n) is 13.2. The molecule has 0 amide bonds. The Balaban J connectivity index is 0.000000241. The predicted octanol–water partition coefficient (Wildman–Crippen LogP) is 3.04. The van der Waals surface area contributed by atoms with Gasteiger partial charge in [0.2, 0.25) is 0 Å². The number of hydrogen-bond acceptors (Lipinski definition) is 5. The summed E-state index contributed by atoms with van der Waals surface area (Å²) in [6.45, 7) is 2.24. The second-order valence-corrected chi connectivity index (χ2v) is 4.40. The lowest BCUT2D eigenvalue weighted by Crippen LogP contribution is -2.09. The minimum Gasteiger partial charge on any atom is -0.463 e. The summed E-state index contributed by atoms with van der Waals surface area (Å²) < 4.78 is 14.9. The molecule has 0 aliphatic carbocycles. The molecule has 2 aromatic carbocycles. The normalized spacial score (nSPS) is 9.48. The molecule has 5 nitrogen and oxygen atoms in total. The van der Waals surface area contributed by atoms with Crippen molar-refractivity contribution in [1.29, 1.82) is 0 Å². The van der Waals surface area contributed by atoms with Gasteiger partial charge in [-0.05, 0) is 24.3 Å². The number of hydrogen-bond donors (Lipinski definition) is 1. The molecular formula is C18H22O5. The second-order valence-electron chi connectivity index (χ2n) is 4.40. The summed E-state index contributed by atoms with van der Waals surface area (Å²) in [6.07, 6.45) is 0. The van der Waals surface area contributed by atoms with Gasteiger partial charge in [-0.3, -0.25) is 4.79 Å². The van der Waals surface area contributed by atoms with Gasteiger partial charge in [0.15, 0.2) is 0 Å². The van der Waals surface area contributed by atoms with Crippen molar-refractivity contribution in [2.45, 2.75) is 6.92 Å². The van der Waals surface area contributed by atoms with Crippen LogP contribution < -0.4 is 4.74 Å². The monoisotopic (exact) mass is 318 g/mol. The Bertz CT molecular complexity index is 490. The largest absolute Gasteiger partial charge is 0.463 e. The van der Waals surface area contributed by atoms with Crippen LogP contribution in [-0.4, -0.2) is 37.5 Å². The average molecular weight is 318 g/mol. The number of carbonyl (C=O) groups is 1. The summed E-state index contributed by atoms with van der Waals surface area (Å²) in [4.78, 5) is 10.1. The summed E-state index contributed by atoms with van der Waals surface area (Å²) in [5, 5.41) is 8.24. The SMILES string of the molecule is CC(=O)OCCOCCO.c1ccc(Oc2ccccc2)cc1. The lowest BCUT2D eigenvalue weighted by Gasteiger charge is -2.03. The van der Waals surface area contributed by atoms with E-state index in [0.717, 1.165) is 11.5 Å². The first-order valence-corrected chi connectivity index (χ1v) is 7.32. The number of aliphatic hydroxyl groups excluding tert-OH is 1. The van der Waals surface area contributed by atoms with E-state index in [0.29, 0.717) is 13.2 Å². The maximum atomic E-state index is 10.1. The maximum Gasteiger partial charge on any atom is 0.302 e. The van der Waals surface area contributed by atoms with Crippen LogP contribution in [0.2, 0.25) is 0 Å². The Hall–Kier alpha value is -2.37. The van der Waals surface area contributed by atoms with Crippen molar-refractivity contribution in [2.24, 2.45) is 0 Å². The molecule has 0 saturated heterocycles. The van der Waals surface area contributed by atoms with Crippen molar-refractivity contribution in [3.05, 3.63) is 60.7 Å². The Morgan fingerprint density at radius 1 is 0.870 bits per heavy atom. The quantitative estimate of drug-likeness (QED) is 0.628. The van der Waals surface area contributed by atoms with E-state index in [1.165, 1.54) is 6.92 Å². The number of esters is 1. The molecule has 0 aromatic heterocycles. The third-order valence-corrected chi connectivity index (χ3v) is 2.49. The Morgan fingerprint density at radius 3 is 1.83 bits per heavy atom. The molecular weight excluding hydrogens is 296 g/mol. The highest BCUT2D eigenvalue weighted by Gasteiger charge is 1.92. The summed E-state index contributed by atoms with van der Waals surface area (Å²) in [5.74, 6) is 1.43. The van der Waals surface area contributed by atoms with Crippen molar-refractivity contribution in [3.63, 3.8) is 0 Å². The van der Waals surface area contributed by atoms with Gasteiger partial charge >= 0.3 is 5.97 Å². The van der Waals surface area contributed by atoms with Gasteiger partial charge in [0, 0.05) is 6.92 Å². The molecule has 0 atom stereocenters. The van der Waals surface area contributed by atoms with Crippen molar-refractivity contribution in [3.8, 4) is 11.5 Å². The molecule has 0 saturated carbocycles. The fourth-order valence-electron chi connectivity index (χ4n) is 1.52. The van der Waals surface area contributed by atoms with E-state index >= 15 is 0 Å². The van der Waals surface area contributed by atoms with Gasteiger partial charge in [0.25, 0.3) is 0 Å². The smallest absolute Gasteiger partial charge is 0.302 e. The molecule has 0 unspecified atom stereocenters. The molecule has 5 heteroatoms. The van der Waals surface area contributed by atoms with Crippen LogP contribution in [0.25, 0.3) is 0 Å². The molecule has 124 valence electrons. The summed E-state index contributed by atoms with van der Waals surface area (Å²) in [6, 6.07) is 19.5. The van der Waals surface area contributed by atoms with Crippen LogP contribution in [0.4, 0.5) is 0 Å². The average Bonchev–Trinajstić information content (AvgIpc) is 2.57. The van der Waals surface area contributed by atoms with Crippen LogP contribution in [0.1, 0.15) is 6.92 Å². The summed E-state index contributed by atoms with van der Waals surface area (Å²) in [5.41, 5.74) is 0. The number of ether oxygens (including phenoxy) is 3. The minimum atomic E-state index is -0.312. The van der Waals surface area contributed by atoms with Crippen molar-refractivity contribution >= 4 is 5.97 Å². The van der Waals surface area contributed by atoms with E-state index in [1.807, 2.05) is 60.7 Å². The van der Waals surface area contributed by atoms with Gasteiger partial charge < -0.3 is 19.3 Å².